The Hall–Kier alpha value is -3.10. The van der Waals surface area contributed by atoms with Gasteiger partial charge >= 0.3 is 5.97 Å². The van der Waals surface area contributed by atoms with Crippen molar-refractivity contribution in [1.82, 2.24) is 5.32 Å². The van der Waals surface area contributed by atoms with Gasteiger partial charge in [0.1, 0.15) is 5.75 Å². The van der Waals surface area contributed by atoms with Crippen LogP contribution in [0.5, 0.6) is 5.75 Å². The lowest BCUT2D eigenvalue weighted by atomic mass is 9.77. The van der Waals surface area contributed by atoms with Gasteiger partial charge in [0.05, 0.1) is 12.3 Å². The standard InChI is InChI=1S/C31H41N3O4S/c1-22(2)18-30(36)38-21-34-27-19-23(10-11-25(27)31(3,4)20-29(34)35)37-16-6-5-13-32-14-15-33-26-8-7-9-28-24(26)12-17-39-28/h7-12,17,19,22,32-33H,5-6,13-16,18,20-21H2,1-4H3. The maximum atomic E-state index is 12.9. The molecule has 0 atom stereocenters. The average Bonchev–Trinajstić information content (AvgIpc) is 3.36. The minimum atomic E-state index is -0.292. The predicted octanol–water partition coefficient (Wildman–Crippen LogP) is 6.32. The number of unbranched alkanes of at least 4 members (excludes halogenated alkanes) is 1. The first-order valence-corrected chi connectivity index (χ1v) is 14.8. The van der Waals surface area contributed by atoms with Gasteiger partial charge in [-0.25, -0.2) is 0 Å². The number of ether oxygens (including phenoxy) is 2. The molecule has 0 aliphatic carbocycles. The lowest BCUT2D eigenvalue weighted by Crippen LogP contribution is -2.43. The van der Waals surface area contributed by atoms with Gasteiger partial charge in [0.2, 0.25) is 5.91 Å². The van der Waals surface area contributed by atoms with Gasteiger partial charge in [-0.15, -0.1) is 11.3 Å². The number of benzene rings is 2. The van der Waals surface area contributed by atoms with Crippen molar-refractivity contribution in [2.45, 2.75) is 58.8 Å². The van der Waals surface area contributed by atoms with Crippen molar-refractivity contribution in [2.75, 3.05) is 43.2 Å². The minimum Gasteiger partial charge on any atom is -0.494 e. The number of carbonyl (C=O) groups excluding carboxylic acids is 2. The fourth-order valence-corrected chi connectivity index (χ4v) is 5.68. The van der Waals surface area contributed by atoms with Gasteiger partial charge in [-0.1, -0.05) is 39.8 Å². The molecule has 1 amide bonds. The molecule has 0 unspecified atom stereocenters. The van der Waals surface area contributed by atoms with E-state index in [1.54, 1.807) is 16.2 Å². The van der Waals surface area contributed by atoms with E-state index in [0.717, 1.165) is 49.5 Å². The summed E-state index contributed by atoms with van der Waals surface area (Å²) < 4.78 is 12.8. The number of hydrogen-bond donors (Lipinski definition) is 2. The summed E-state index contributed by atoms with van der Waals surface area (Å²) in [5.41, 5.74) is 2.72. The fourth-order valence-electron chi connectivity index (χ4n) is 4.87. The maximum Gasteiger partial charge on any atom is 0.307 e. The molecule has 0 saturated heterocycles. The molecule has 39 heavy (non-hydrogen) atoms. The van der Waals surface area contributed by atoms with E-state index in [0.29, 0.717) is 19.4 Å². The Morgan fingerprint density at radius 1 is 1.10 bits per heavy atom. The number of nitrogens with zero attached hydrogens (tertiary/aromatic N) is 1. The quantitative estimate of drug-likeness (QED) is 0.180. The van der Waals surface area contributed by atoms with Gasteiger partial charge in [0, 0.05) is 53.2 Å². The van der Waals surface area contributed by atoms with E-state index in [-0.39, 0.29) is 29.9 Å². The zero-order valence-electron chi connectivity index (χ0n) is 23.5. The molecule has 2 N–H and O–H groups in total. The topological polar surface area (TPSA) is 79.9 Å². The zero-order valence-corrected chi connectivity index (χ0v) is 24.4. The molecule has 2 heterocycles. The summed E-state index contributed by atoms with van der Waals surface area (Å²) in [6.07, 6.45) is 2.63. The highest BCUT2D eigenvalue weighted by Crippen LogP contribution is 2.42. The van der Waals surface area contributed by atoms with Crippen LogP contribution in [0, 0.1) is 5.92 Å². The molecule has 1 aliphatic rings. The van der Waals surface area contributed by atoms with Crippen molar-refractivity contribution >= 4 is 44.7 Å². The molecule has 1 aliphatic heterocycles. The Bertz CT molecular complexity index is 1270. The van der Waals surface area contributed by atoms with Crippen LogP contribution in [0.25, 0.3) is 10.1 Å². The third-order valence-electron chi connectivity index (χ3n) is 6.94. The maximum absolute atomic E-state index is 12.9. The summed E-state index contributed by atoms with van der Waals surface area (Å²) in [5.74, 6) is 0.590. The number of fused-ring (bicyclic) bond motifs is 2. The van der Waals surface area contributed by atoms with Crippen LogP contribution in [0.2, 0.25) is 0 Å². The molecule has 0 spiro atoms. The molecule has 7 nitrogen and oxygen atoms in total. The van der Waals surface area contributed by atoms with Gasteiger partial charge in [0.25, 0.3) is 0 Å². The van der Waals surface area contributed by atoms with Crippen molar-refractivity contribution in [2.24, 2.45) is 5.92 Å². The molecule has 1 aromatic heterocycles. The highest BCUT2D eigenvalue weighted by atomic mass is 32.1. The van der Waals surface area contributed by atoms with Crippen LogP contribution in [0.1, 0.15) is 58.9 Å². The molecule has 0 bridgehead atoms. The average molecular weight is 552 g/mol. The Labute approximate surface area is 235 Å². The minimum absolute atomic E-state index is 0.0467. The molecule has 3 aromatic rings. The summed E-state index contributed by atoms with van der Waals surface area (Å²) in [6.45, 7) is 11.3. The number of hydrogen-bond acceptors (Lipinski definition) is 7. The highest BCUT2D eigenvalue weighted by Gasteiger charge is 2.37. The largest absolute Gasteiger partial charge is 0.494 e. The molecule has 0 saturated carbocycles. The summed E-state index contributed by atoms with van der Waals surface area (Å²) in [6, 6.07) is 14.4. The smallest absolute Gasteiger partial charge is 0.307 e. The Balaban J connectivity index is 1.20. The first-order chi connectivity index (χ1) is 18.7. The van der Waals surface area contributed by atoms with Crippen LogP contribution in [0.15, 0.2) is 47.8 Å². The summed E-state index contributed by atoms with van der Waals surface area (Å²) in [7, 11) is 0. The zero-order chi connectivity index (χ0) is 27.8. The van der Waals surface area contributed by atoms with Crippen molar-refractivity contribution in [3.63, 3.8) is 0 Å². The van der Waals surface area contributed by atoms with Crippen molar-refractivity contribution in [3.8, 4) is 5.75 Å². The SMILES string of the molecule is CC(C)CC(=O)OCN1C(=O)CC(C)(C)c2ccc(OCCCCNCCNc3cccc4sccc34)cc21. The van der Waals surface area contributed by atoms with Crippen molar-refractivity contribution in [1.29, 1.82) is 0 Å². The van der Waals surface area contributed by atoms with Crippen LogP contribution >= 0.6 is 11.3 Å². The van der Waals surface area contributed by atoms with Crippen LogP contribution < -0.4 is 20.3 Å². The first-order valence-electron chi connectivity index (χ1n) is 13.9. The summed E-state index contributed by atoms with van der Waals surface area (Å²) in [5, 5.41) is 10.4. The van der Waals surface area contributed by atoms with Crippen LogP contribution in [-0.4, -0.2) is 44.8 Å². The summed E-state index contributed by atoms with van der Waals surface area (Å²) in [4.78, 5) is 26.6. The second kappa shape index (κ2) is 13.3. The van der Waals surface area contributed by atoms with E-state index >= 15 is 0 Å². The molecule has 4 rings (SSSR count). The number of rotatable bonds is 14. The third kappa shape index (κ3) is 7.73. The van der Waals surface area contributed by atoms with Gasteiger partial charge in [-0.3, -0.25) is 14.5 Å². The highest BCUT2D eigenvalue weighted by molar-refractivity contribution is 7.17. The molecule has 2 aromatic carbocycles. The van der Waals surface area contributed by atoms with E-state index in [1.807, 2.05) is 32.0 Å². The molecule has 210 valence electrons. The van der Waals surface area contributed by atoms with E-state index in [2.05, 4.69) is 54.1 Å². The third-order valence-corrected chi connectivity index (χ3v) is 7.82. The lowest BCUT2D eigenvalue weighted by Gasteiger charge is -2.38. The van der Waals surface area contributed by atoms with Crippen LogP contribution in [0.3, 0.4) is 0 Å². The van der Waals surface area contributed by atoms with Gasteiger partial charge < -0.3 is 20.1 Å². The van der Waals surface area contributed by atoms with E-state index < -0.39 is 0 Å². The number of amides is 1. The predicted molar refractivity (Wildman–Crippen MR) is 160 cm³/mol. The number of thiophene rings is 1. The first kappa shape index (κ1) is 28.9. The second-order valence-electron chi connectivity index (χ2n) is 11.2. The van der Waals surface area contributed by atoms with Crippen molar-refractivity contribution in [3.05, 3.63) is 53.4 Å². The van der Waals surface area contributed by atoms with E-state index in [4.69, 9.17) is 9.47 Å². The molecule has 8 heteroatoms. The monoisotopic (exact) mass is 551 g/mol. The Morgan fingerprint density at radius 2 is 1.95 bits per heavy atom. The molecule has 0 radical (unpaired) electrons. The fraction of sp³-hybridized carbons (Fsp3) is 0.484. The van der Waals surface area contributed by atoms with Gasteiger partial charge in [-0.2, -0.15) is 0 Å². The van der Waals surface area contributed by atoms with E-state index in [9.17, 15) is 9.59 Å². The molecular formula is C31H41N3O4S. The normalized spacial score (nSPS) is 14.5. The molecule has 0 fully saturated rings. The number of carbonyl (C=O) groups is 2. The number of nitrogens with one attached hydrogen (secondary N) is 2. The summed E-state index contributed by atoms with van der Waals surface area (Å²) >= 11 is 1.76. The number of esters is 1. The van der Waals surface area contributed by atoms with Crippen molar-refractivity contribution < 1.29 is 19.1 Å². The van der Waals surface area contributed by atoms with Gasteiger partial charge in [0.15, 0.2) is 6.73 Å². The molecular weight excluding hydrogens is 510 g/mol. The Morgan fingerprint density at radius 3 is 2.77 bits per heavy atom. The van der Waals surface area contributed by atoms with E-state index in [1.165, 1.54) is 15.8 Å². The Kier molecular flexibility index (Phi) is 9.86. The van der Waals surface area contributed by atoms with Gasteiger partial charge in [-0.05, 0) is 60.5 Å². The second-order valence-corrected chi connectivity index (χ2v) is 12.1. The van der Waals surface area contributed by atoms with Crippen LogP contribution in [-0.2, 0) is 19.7 Å². The number of anilines is 2. The van der Waals surface area contributed by atoms with Crippen LogP contribution in [0.4, 0.5) is 11.4 Å². The lowest BCUT2D eigenvalue weighted by molar-refractivity contribution is -0.145.